The van der Waals surface area contributed by atoms with Crippen LogP contribution in [0.15, 0.2) is 4.40 Å². The molecule has 0 aromatic rings. The summed E-state index contributed by atoms with van der Waals surface area (Å²) in [6, 6.07) is 2.23. The molecule has 0 aromatic heterocycles. The van der Waals surface area contributed by atoms with E-state index in [2.05, 4.69) is 53.4 Å². The molecule has 1 saturated heterocycles. The first-order valence-corrected chi connectivity index (χ1v) is 14.6. The van der Waals surface area contributed by atoms with Crippen LogP contribution in [0.1, 0.15) is 0 Å². The highest BCUT2D eigenvalue weighted by molar-refractivity contribution is 7.98. The molecule has 0 saturated carbocycles. The fraction of sp³-hybridized carbons (Fsp3) is 0.833. The van der Waals surface area contributed by atoms with E-state index in [1.807, 2.05) is 4.90 Å². The molecule has 1 fully saturated rings. The van der Waals surface area contributed by atoms with Crippen LogP contribution in [0.2, 0.25) is 39.3 Å². The fourth-order valence-electron chi connectivity index (χ4n) is 2.25. The number of nitriles is 1. The lowest BCUT2D eigenvalue weighted by Gasteiger charge is -2.40. The van der Waals surface area contributed by atoms with Crippen molar-refractivity contribution in [2.75, 3.05) is 26.3 Å². The second kappa shape index (κ2) is 7.09. The summed E-state index contributed by atoms with van der Waals surface area (Å²) in [6.45, 7) is 16.8. The predicted molar refractivity (Wildman–Crippen MR) is 91.6 cm³/mol. The van der Waals surface area contributed by atoms with Crippen LogP contribution in [0.4, 0.5) is 0 Å². The second-order valence-electron chi connectivity index (χ2n) is 6.84. The molecule has 8 heteroatoms. The van der Waals surface area contributed by atoms with Crippen molar-refractivity contribution in [3.8, 4) is 6.07 Å². The Kier molecular flexibility index (Phi) is 6.28. The normalized spacial score (nSPS) is 18.3. The Hall–Kier alpha value is -0.336. The molecular weight excluding hydrogens is 304 g/mol. The standard InChI is InChI=1S/C12H26N4OSSi2/c1-19(2,3)16(20(4,5)6)18-14-12(11-13)15-7-9-17-10-8-15/h7-10H2,1-6H3. The van der Waals surface area contributed by atoms with E-state index in [-0.39, 0.29) is 0 Å². The average molecular weight is 331 g/mol. The molecule has 5 nitrogen and oxygen atoms in total. The second-order valence-corrected chi connectivity index (χ2v) is 18.2. The zero-order chi connectivity index (χ0) is 15.4. The molecular formula is C12H26N4OSSi2. The highest BCUT2D eigenvalue weighted by Gasteiger charge is 2.35. The van der Waals surface area contributed by atoms with Gasteiger partial charge in [-0.15, -0.1) is 0 Å². The number of amidine groups is 1. The first-order chi connectivity index (χ1) is 9.16. The number of nitrogens with zero attached hydrogens (tertiary/aromatic N) is 4. The van der Waals surface area contributed by atoms with Crippen molar-refractivity contribution in [1.29, 1.82) is 5.26 Å². The van der Waals surface area contributed by atoms with Gasteiger partial charge < -0.3 is 9.64 Å². The van der Waals surface area contributed by atoms with Gasteiger partial charge in [0.25, 0.3) is 0 Å². The Labute approximate surface area is 129 Å². The van der Waals surface area contributed by atoms with E-state index >= 15 is 0 Å². The summed E-state index contributed by atoms with van der Waals surface area (Å²) in [4.78, 5) is 2.02. The maximum atomic E-state index is 9.32. The van der Waals surface area contributed by atoms with Gasteiger partial charge in [-0.2, -0.15) is 9.66 Å². The molecule has 0 radical (unpaired) electrons. The molecule has 0 bridgehead atoms. The molecule has 0 atom stereocenters. The molecule has 20 heavy (non-hydrogen) atoms. The quantitative estimate of drug-likeness (QED) is 0.343. The van der Waals surface area contributed by atoms with Crippen LogP contribution in [0.5, 0.6) is 0 Å². The van der Waals surface area contributed by atoms with E-state index in [0.29, 0.717) is 19.0 Å². The van der Waals surface area contributed by atoms with Crippen molar-refractivity contribution in [2.24, 2.45) is 4.40 Å². The van der Waals surface area contributed by atoms with Gasteiger partial charge in [-0.05, 0) is 0 Å². The smallest absolute Gasteiger partial charge is 0.217 e. The maximum Gasteiger partial charge on any atom is 0.217 e. The van der Waals surface area contributed by atoms with E-state index in [1.54, 1.807) is 0 Å². The lowest BCUT2D eigenvalue weighted by atomic mass is 10.4. The van der Waals surface area contributed by atoms with Crippen molar-refractivity contribution in [1.82, 2.24) is 8.54 Å². The molecule has 0 unspecified atom stereocenters. The van der Waals surface area contributed by atoms with Gasteiger partial charge in [0.1, 0.15) is 22.5 Å². The molecule has 1 rings (SSSR count). The molecule has 1 aliphatic rings. The first kappa shape index (κ1) is 17.7. The van der Waals surface area contributed by atoms with E-state index < -0.39 is 16.5 Å². The van der Waals surface area contributed by atoms with Crippen molar-refractivity contribution in [2.45, 2.75) is 39.3 Å². The van der Waals surface area contributed by atoms with Crippen molar-refractivity contribution >= 4 is 34.4 Å². The van der Waals surface area contributed by atoms with Crippen LogP contribution in [0, 0.1) is 11.3 Å². The van der Waals surface area contributed by atoms with Crippen molar-refractivity contribution < 1.29 is 4.74 Å². The zero-order valence-corrected chi connectivity index (χ0v) is 16.3. The summed E-state index contributed by atoms with van der Waals surface area (Å²) in [7, 11) is -2.91. The van der Waals surface area contributed by atoms with Crippen LogP contribution in [0.3, 0.4) is 0 Å². The Balaban J connectivity index is 2.82. The van der Waals surface area contributed by atoms with Gasteiger partial charge in [-0.1, -0.05) is 39.3 Å². The van der Waals surface area contributed by atoms with Crippen LogP contribution in [0.25, 0.3) is 0 Å². The number of hydrogen-bond donors (Lipinski definition) is 0. The molecule has 1 heterocycles. The fourth-order valence-corrected chi connectivity index (χ4v) is 12.8. The lowest BCUT2D eigenvalue weighted by molar-refractivity contribution is 0.0687. The maximum absolute atomic E-state index is 9.32. The van der Waals surface area contributed by atoms with Crippen molar-refractivity contribution in [3.63, 3.8) is 0 Å². The molecule has 0 spiro atoms. The number of morpholine rings is 1. The molecule has 0 N–H and O–H groups in total. The number of hydrogen-bond acceptors (Lipinski definition) is 5. The van der Waals surface area contributed by atoms with Crippen LogP contribution in [-0.4, -0.2) is 57.1 Å². The number of rotatable bonds is 4. The van der Waals surface area contributed by atoms with Gasteiger partial charge in [0, 0.05) is 13.1 Å². The summed E-state index contributed by atoms with van der Waals surface area (Å²) in [5.41, 5.74) is 0. The minimum Gasteiger partial charge on any atom is -0.378 e. The highest BCUT2D eigenvalue weighted by Crippen LogP contribution is 2.29. The Morgan fingerprint density at radius 3 is 2.05 bits per heavy atom. The van der Waals surface area contributed by atoms with Gasteiger partial charge in [-0.3, -0.25) is 3.64 Å². The van der Waals surface area contributed by atoms with Crippen LogP contribution >= 0.6 is 12.1 Å². The topological polar surface area (TPSA) is 51.9 Å². The SMILES string of the molecule is C[Si](C)(C)N(SN=C(C#N)N1CCOCC1)[Si](C)(C)C. The van der Waals surface area contributed by atoms with Gasteiger partial charge in [0.05, 0.1) is 25.3 Å². The minimum absolute atomic E-state index is 0.528. The summed E-state index contributed by atoms with van der Waals surface area (Å²) in [5.74, 6) is 0.528. The molecule has 0 aliphatic carbocycles. The average Bonchev–Trinajstić information content (AvgIpc) is 2.32. The van der Waals surface area contributed by atoms with Crippen molar-refractivity contribution in [3.05, 3.63) is 0 Å². The van der Waals surface area contributed by atoms with E-state index in [9.17, 15) is 5.26 Å². The Morgan fingerprint density at radius 2 is 1.65 bits per heavy atom. The van der Waals surface area contributed by atoms with Gasteiger partial charge in [0.2, 0.25) is 5.84 Å². The van der Waals surface area contributed by atoms with Gasteiger partial charge >= 0.3 is 0 Å². The third-order valence-electron chi connectivity index (χ3n) is 2.84. The number of ether oxygens (including phenoxy) is 1. The van der Waals surface area contributed by atoms with Crippen LogP contribution in [-0.2, 0) is 4.74 Å². The monoisotopic (exact) mass is 330 g/mol. The highest BCUT2D eigenvalue weighted by atomic mass is 32.2. The van der Waals surface area contributed by atoms with Gasteiger partial charge in [-0.25, -0.2) is 0 Å². The third-order valence-corrected chi connectivity index (χ3v) is 13.5. The molecule has 0 aromatic carbocycles. The first-order valence-electron chi connectivity index (χ1n) is 6.94. The summed E-state index contributed by atoms with van der Waals surface area (Å²) >= 11 is 1.50. The lowest BCUT2D eigenvalue weighted by Crippen LogP contribution is -2.54. The zero-order valence-electron chi connectivity index (χ0n) is 13.4. The third kappa shape index (κ3) is 5.22. The van der Waals surface area contributed by atoms with E-state index in [4.69, 9.17) is 4.74 Å². The molecule has 0 amide bonds. The van der Waals surface area contributed by atoms with E-state index in [1.165, 1.54) is 12.1 Å². The predicted octanol–water partition coefficient (Wildman–Crippen LogP) is 2.78. The Morgan fingerprint density at radius 1 is 1.15 bits per heavy atom. The van der Waals surface area contributed by atoms with Crippen LogP contribution < -0.4 is 0 Å². The largest absolute Gasteiger partial charge is 0.378 e. The summed E-state index contributed by atoms with van der Waals surface area (Å²) in [5, 5.41) is 9.32. The minimum atomic E-state index is -1.45. The summed E-state index contributed by atoms with van der Waals surface area (Å²) in [6.07, 6.45) is 0. The van der Waals surface area contributed by atoms with E-state index in [0.717, 1.165) is 13.1 Å². The molecule has 114 valence electrons. The molecule has 1 aliphatic heterocycles. The van der Waals surface area contributed by atoms with Gasteiger partial charge in [0.15, 0.2) is 0 Å². The summed E-state index contributed by atoms with van der Waals surface area (Å²) < 4.78 is 12.4. The Bertz CT molecular complexity index is 378.